The van der Waals surface area contributed by atoms with Gasteiger partial charge in [0.15, 0.2) is 0 Å². The van der Waals surface area contributed by atoms with Crippen molar-refractivity contribution >= 4 is 21.6 Å². The lowest BCUT2D eigenvalue weighted by molar-refractivity contribution is 0.0644. The van der Waals surface area contributed by atoms with E-state index in [0.29, 0.717) is 18.8 Å². The topological polar surface area (TPSA) is 36.3 Å². The Hall–Kier alpha value is -1.05. The van der Waals surface area contributed by atoms with Crippen molar-refractivity contribution in [3.8, 4) is 6.07 Å². The first-order chi connectivity index (χ1) is 8.06. The van der Waals surface area contributed by atoms with Crippen molar-refractivity contribution in [3.05, 3.63) is 28.2 Å². The van der Waals surface area contributed by atoms with E-state index in [4.69, 9.17) is 4.74 Å². The summed E-state index contributed by atoms with van der Waals surface area (Å²) < 4.78 is 6.35. The van der Waals surface area contributed by atoms with Gasteiger partial charge in [-0.3, -0.25) is 0 Å². The number of hydrogen-bond donors (Lipinski definition) is 0. The minimum Gasteiger partial charge on any atom is -0.377 e. The highest BCUT2D eigenvalue weighted by Crippen LogP contribution is 2.32. The van der Waals surface area contributed by atoms with E-state index < -0.39 is 0 Å². The number of rotatable bonds is 1. The average molecular weight is 295 g/mol. The van der Waals surface area contributed by atoms with Gasteiger partial charge in [0, 0.05) is 11.0 Å². The summed E-state index contributed by atoms with van der Waals surface area (Å²) in [4.78, 5) is 2.25. The lowest BCUT2D eigenvalue weighted by Gasteiger charge is -2.44. The number of morpholine rings is 1. The van der Waals surface area contributed by atoms with Crippen LogP contribution in [-0.4, -0.2) is 25.3 Å². The Labute approximate surface area is 110 Å². The molecule has 0 N–H and O–H groups in total. The molecular formula is C13H15BrN2O. The Bertz CT molecular complexity index is 465. The van der Waals surface area contributed by atoms with E-state index >= 15 is 0 Å². The molecular weight excluding hydrogens is 280 g/mol. The molecule has 0 bridgehead atoms. The fraction of sp³-hybridized carbons (Fsp3) is 0.462. The van der Waals surface area contributed by atoms with Gasteiger partial charge < -0.3 is 9.64 Å². The molecule has 3 nitrogen and oxygen atoms in total. The number of ether oxygens (including phenoxy) is 1. The van der Waals surface area contributed by atoms with Crippen molar-refractivity contribution in [1.82, 2.24) is 0 Å². The molecule has 1 aromatic rings. The van der Waals surface area contributed by atoms with Crippen LogP contribution in [0.4, 0.5) is 5.69 Å². The van der Waals surface area contributed by atoms with Gasteiger partial charge in [-0.2, -0.15) is 5.26 Å². The van der Waals surface area contributed by atoms with Crippen LogP contribution in [0.2, 0.25) is 0 Å². The second-order valence-corrected chi connectivity index (χ2v) is 5.62. The molecule has 1 fully saturated rings. The van der Waals surface area contributed by atoms with Gasteiger partial charge in [-0.25, -0.2) is 0 Å². The molecule has 0 spiro atoms. The van der Waals surface area contributed by atoms with Gasteiger partial charge in [0.25, 0.3) is 0 Å². The fourth-order valence-electron chi connectivity index (χ4n) is 2.15. The molecule has 0 aliphatic carbocycles. The molecule has 1 saturated heterocycles. The summed E-state index contributed by atoms with van der Waals surface area (Å²) in [6, 6.07) is 8.13. The zero-order valence-corrected chi connectivity index (χ0v) is 11.6. The van der Waals surface area contributed by atoms with Gasteiger partial charge in [0.2, 0.25) is 0 Å². The van der Waals surface area contributed by atoms with Gasteiger partial charge in [-0.1, -0.05) is 6.07 Å². The summed E-state index contributed by atoms with van der Waals surface area (Å²) in [5.74, 6) is 0. The molecule has 1 aliphatic rings. The van der Waals surface area contributed by atoms with E-state index in [9.17, 15) is 5.26 Å². The molecule has 0 radical (unpaired) electrons. The summed E-state index contributed by atoms with van der Waals surface area (Å²) >= 11 is 3.43. The number of nitrogens with zero attached hydrogens (tertiary/aromatic N) is 2. The Morgan fingerprint density at radius 2 is 2.24 bits per heavy atom. The fourth-order valence-corrected chi connectivity index (χ4v) is 2.60. The number of halogens is 1. The normalized spacial score (nSPS) is 18.8. The van der Waals surface area contributed by atoms with Crippen molar-refractivity contribution in [2.45, 2.75) is 19.4 Å². The Morgan fingerprint density at radius 1 is 1.47 bits per heavy atom. The summed E-state index contributed by atoms with van der Waals surface area (Å²) in [6.07, 6.45) is 0. The smallest absolute Gasteiger partial charge is 0.103 e. The van der Waals surface area contributed by atoms with Crippen LogP contribution < -0.4 is 4.90 Å². The molecule has 1 heterocycles. The van der Waals surface area contributed by atoms with E-state index in [2.05, 4.69) is 40.7 Å². The predicted molar refractivity (Wildman–Crippen MR) is 71.1 cm³/mol. The first-order valence-electron chi connectivity index (χ1n) is 5.60. The molecule has 0 amide bonds. The van der Waals surface area contributed by atoms with E-state index in [0.717, 1.165) is 16.7 Å². The number of hydrogen-bond acceptors (Lipinski definition) is 3. The van der Waals surface area contributed by atoms with Crippen molar-refractivity contribution in [1.29, 1.82) is 5.26 Å². The van der Waals surface area contributed by atoms with E-state index in [-0.39, 0.29) is 5.54 Å². The third-order valence-electron chi connectivity index (χ3n) is 3.04. The van der Waals surface area contributed by atoms with Crippen LogP contribution >= 0.6 is 15.9 Å². The second-order valence-electron chi connectivity index (χ2n) is 4.76. The largest absolute Gasteiger partial charge is 0.377 e. The van der Waals surface area contributed by atoms with Crippen molar-refractivity contribution in [2.24, 2.45) is 0 Å². The van der Waals surface area contributed by atoms with Gasteiger partial charge in [-0.05, 0) is 41.9 Å². The van der Waals surface area contributed by atoms with Crippen LogP contribution in [0.1, 0.15) is 19.4 Å². The third-order valence-corrected chi connectivity index (χ3v) is 3.70. The zero-order chi connectivity index (χ0) is 12.5. The molecule has 2 rings (SSSR count). The van der Waals surface area contributed by atoms with Crippen molar-refractivity contribution < 1.29 is 4.74 Å². The molecule has 90 valence electrons. The number of benzene rings is 1. The molecule has 0 unspecified atom stereocenters. The van der Waals surface area contributed by atoms with Crippen molar-refractivity contribution in [2.75, 3.05) is 24.7 Å². The Morgan fingerprint density at radius 3 is 2.88 bits per heavy atom. The SMILES string of the molecule is CC1(C)COCCN1c1cccc(Br)c1C#N. The van der Waals surface area contributed by atoms with Crippen LogP contribution in [-0.2, 0) is 4.74 Å². The minimum atomic E-state index is -0.0787. The quantitative estimate of drug-likeness (QED) is 0.799. The first-order valence-corrected chi connectivity index (χ1v) is 6.39. The van der Waals surface area contributed by atoms with E-state index in [1.807, 2.05) is 18.2 Å². The minimum absolute atomic E-state index is 0.0787. The summed E-state index contributed by atoms with van der Waals surface area (Å²) in [5, 5.41) is 9.26. The first kappa shape index (κ1) is 12.4. The van der Waals surface area contributed by atoms with Gasteiger partial charge in [0.1, 0.15) is 6.07 Å². The highest BCUT2D eigenvalue weighted by molar-refractivity contribution is 9.10. The van der Waals surface area contributed by atoms with Crippen LogP contribution in [0.5, 0.6) is 0 Å². The second kappa shape index (κ2) is 4.67. The molecule has 0 aromatic heterocycles. The highest BCUT2D eigenvalue weighted by Gasteiger charge is 2.32. The van der Waals surface area contributed by atoms with Crippen LogP contribution in [0.25, 0.3) is 0 Å². The molecule has 0 saturated carbocycles. The molecule has 4 heteroatoms. The van der Waals surface area contributed by atoms with Gasteiger partial charge >= 0.3 is 0 Å². The maximum absolute atomic E-state index is 9.26. The molecule has 1 aliphatic heterocycles. The van der Waals surface area contributed by atoms with Crippen LogP contribution in [0.15, 0.2) is 22.7 Å². The summed E-state index contributed by atoms with van der Waals surface area (Å²) in [7, 11) is 0. The summed E-state index contributed by atoms with van der Waals surface area (Å²) in [5.41, 5.74) is 1.60. The van der Waals surface area contributed by atoms with E-state index in [1.165, 1.54) is 0 Å². The Balaban J connectivity index is 2.46. The maximum atomic E-state index is 9.26. The average Bonchev–Trinajstić information content (AvgIpc) is 2.28. The monoisotopic (exact) mass is 294 g/mol. The van der Waals surface area contributed by atoms with Gasteiger partial charge in [0.05, 0.1) is 30.0 Å². The molecule has 0 atom stereocenters. The van der Waals surface area contributed by atoms with Gasteiger partial charge in [-0.15, -0.1) is 0 Å². The van der Waals surface area contributed by atoms with E-state index in [1.54, 1.807) is 0 Å². The molecule has 1 aromatic carbocycles. The number of anilines is 1. The number of nitriles is 1. The Kier molecular flexibility index (Phi) is 3.41. The lowest BCUT2D eigenvalue weighted by atomic mass is 10.00. The summed E-state index contributed by atoms with van der Waals surface area (Å²) in [6.45, 7) is 6.48. The third kappa shape index (κ3) is 2.31. The van der Waals surface area contributed by atoms with Crippen molar-refractivity contribution in [3.63, 3.8) is 0 Å². The lowest BCUT2D eigenvalue weighted by Crippen LogP contribution is -2.53. The predicted octanol–water partition coefficient (Wildman–Crippen LogP) is 2.94. The van der Waals surface area contributed by atoms with Crippen LogP contribution in [0.3, 0.4) is 0 Å². The zero-order valence-electron chi connectivity index (χ0n) is 10.0. The molecule has 17 heavy (non-hydrogen) atoms. The standard InChI is InChI=1S/C13H15BrN2O/c1-13(2)9-17-7-6-16(13)12-5-3-4-11(14)10(12)8-15/h3-5H,6-7,9H2,1-2H3. The van der Waals surface area contributed by atoms with Crippen LogP contribution in [0, 0.1) is 11.3 Å². The highest BCUT2D eigenvalue weighted by atomic mass is 79.9. The maximum Gasteiger partial charge on any atom is 0.103 e.